The number of benzene rings is 1. The van der Waals surface area contributed by atoms with E-state index in [1.165, 1.54) is 24.0 Å². The number of aryl methyl sites for hydroxylation is 2. The van der Waals surface area contributed by atoms with Gasteiger partial charge in [-0.1, -0.05) is 6.07 Å². The van der Waals surface area contributed by atoms with Crippen LogP contribution in [0.5, 0.6) is 0 Å². The average Bonchev–Trinajstić information content (AvgIpc) is 2.92. The molecule has 0 bridgehead atoms. The van der Waals surface area contributed by atoms with Crippen molar-refractivity contribution in [1.29, 1.82) is 0 Å². The van der Waals surface area contributed by atoms with Gasteiger partial charge >= 0.3 is 0 Å². The second-order valence-electron chi connectivity index (χ2n) is 5.19. The normalized spacial score (nSPS) is 13.2. The molecule has 1 heterocycles. The number of hydrogen-bond acceptors (Lipinski definition) is 5. The van der Waals surface area contributed by atoms with Crippen LogP contribution in [0.3, 0.4) is 0 Å². The first-order valence-corrected chi connectivity index (χ1v) is 7.34. The summed E-state index contributed by atoms with van der Waals surface area (Å²) in [4.78, 5) is 8.61. The molecule has 110 valence electrons. The third-order valence-corrected chi connectivity index (χ3v) is 3.60. The predicted octanol–water partition coefficient (Wildman–Crippen LogP) is 2.83. The summed E-state index contributed by atoms with van der Waals surface area (Å²) >= 11 is 0. The molecule has 2 aromatic rings. The van der Waals surface area contributed by atoms with Crippen molar-refractivity contribution in [3.05, 3.63) is 41.2 Å². The van der Waals surface area contributed by atoms with Crippen LogP contribution >= 0.6 is 0 Å². The number of fused-ring (bicyclic) bond motifs is 1. The topological polar surface area (TPSA) is 73.1 Å². The number of nitrogens with two attached hydrogens (primary N) is 1. The van der Waals surface area contributed by atoms with Crippen molar-refractivity contribution < 1.29 is 4.74 Å². The highest BCUT2D eigenvalue weighted by molar-refractivity contribution is 5.60. The highest BCUT2D eigenvalue weighted by Gasteiger charge is 2.11. The molecule has 1 aromatic heterocycles. The van der Waals surface area contributed by atoms with Crippen LogP contribution in [0.4, 0.5) is 17.3 Å². The molecule has 0 saturated heterocycles. The lowest BCUT2D eigenvalue weighted by atomic mass is 10.1. The lowest BCUT2D eigenvalue weighted by Gasteiger charge is -2.10. The largest absolute Gasteiger partial charge is 0.384 e. The zero-order valence-corrected chi connectivity index (χ0v) is 12.2. The summed E-state index contributed by atoms with van der Waals surface area (Å²) in [7, 11) is 0. The Labute approximate surface area is 124 Å². The minimum atomic E-state index is 0.375. The van der Waals surface area contributed by atoms with Crippen molar-refractivity contribution in [3.8, 4) is 0 Å². The summed E-state index contributed by atoms with van der Waals surface area (Å²) in [5, 5.41) is 3.30. The first-order valence-electron chi connectivity index (χ1n) is 7.34. The highest BCUT2D eigenvalue weighted by atomic mass is 16.5. The van der Waals surface area contributed by atoms with E-state index in [1.54, 1.807) is 6.07 Å². The van der Waals surface area contributed by atoms with Gasteiger partial charge in [0.05, 0.1) is 0 Å². The Morgan fingerprint density at radius 1 is 1.19 bits per heavy atom. The first kappa shape index (κ1) is 13.8. The molecule has 5 heteroatoms. The molecule has 21 heavy (non-hydrogen) atoms. The Morgan fingerprint density at radius 3 is 2.90 bits per heavy atom. The van der Waals surface area contributed by atoms with Crippen LogP contribution in [-0.4, -0.2) is 16.6 Å². The molecule has 0 saturated carbocycles. The number of nitrogens with zero attached hydrogens (tertiary/aromatic N) is 2. The fraction of sp³-hybridized carbons (Fsp3) is 0.375. The first-order chi connectivity index (χ1) is 10.2. The number of anilines is 3. The van der Waals surface area contributed by atoms with Crippen molar-refractivity contribution in [2.45, 2.75) is 32.8 Å². The van der Waals surface area contributed by atoms with E-state index in [9.17, 15) is 0 Å². The molecule has 1 aliphatic rings. The van der Waals surface area contributed by atoms with Crippen molar-refractivity contribution in [3.63, 3.8) is 0 Å². The Hall–Kier alpha value is -2.14. The van der Waals surface area contributed by atoms with Gasteiger partial charge in [-0.25, -0.2) is 9.97 Å². The van der Waals surface area contributed by atoms with E-state index in [0.717, 1.165) is 12.1 Å². The molecule has 0 amide bonds. The maximum Gasteiger partial charge on any atom is 0.158 e. The van der Waals surface area contributed by atoms with Gasteiger partial charge in [-0.15, -0.1) is 0 Å². The van der Waals surface area contributed by atoms with Gasteiger partial charge in [-0.3, -0.25) is 0 Å². The fourth-order valence-electron chi connectivity index (χ4n) is 2.64. The standard InChI is InChI=1S/C16H20N4O/c1-2-21-10-16-19-14(17)9-15(20-16)18-13-7-6-11-4-3-5-12(11)8-13/h6-9H,2-5,10H2,1H3,(H3,17,18,19,20). The number of aromatic nitrogens is 2. The van der Waals surface area contributed by atoms with Gasteiger partial charge in [0, 0.05) is 18.4 Å². The smallest absolute Gasteiger partial charge is 0.158 e. The minimum absolute atomic E-state index is 0.375. The van der Waals surface area contributed by atoms with E-state index in [0.29, 0.717) is 30.7 Å². The van der Waals surface area contributed by atoms with E-state index in [1.807, 2.05) is 6.92 Å². The Bertz CT molecular complexity index is 642. The second kappa shape index (κ2) is 6.10. The van der Waals surface area contributed by atoms with Crippen LogP contribution in [0.1, 0.15) is 30.3 Å². The Kier molecular flexibility index (Phi) is 4.01. The SMILES string of the molecule is CCOCc1nc(N)cc(Nc2ccc3c(c2)CCC3)n1. The zero-order chi connectivity index (χ0) is 14.7. The molecule has 0 unspecified atom stereocenters. The summed E-state index contributed by atoms with van der Waals surface area (Å²) in [6, 6.07) is 8.21. The maximum absolute atomic E-state index is 5.83. The number of nitrogen functional groups attached to an aromatic ring is 1. The molecule has 0 atom stereocenters. The predicted molar refractivity (Wildman–Crippen MR) is 83.5 cm³/mol. The van der Waals surface area contributed by atoms with Gasteiger partial charge in [0.25, 0.3) is 0 Å². The number of ether oxygens (including phenoxy) is 1. The van der Waals surface area contributed by atoms with Gasteiger partial charge in [-0.2, -0.15) is 0 Å². The van der Waals surface area contributed by atoms with E-state index >= 15 is 0 Å². The van der Waals surface area contributed by atoms with E-state index in [2.05, 4.69) is 33.5 Å². The van der Waals surface area contributed by atoms with Gasteiger partial charge in [0.15, 0.2) is 5.82 Å². The van der Waals surface area contributed by atoms with E-state index in [-0.39, 0.29) is 0 Å². The molecule has 0 fully saturated rings. The summed E-state index contributed by atoms with van der Waals surface area (Å²) in [5.74, 6) is 1.75. The number of rotatable bonds is 5. The molecule has 5 nitrogen and oxygen atoms in total. The molecule has 3 rings (SSSR count). The monoisotopic (exact) mass is 284 g/mol. The maximum atomic E-state index is 5.83. The molecule has 0 spiro atoms. The Balaban J connectivity index is 1.79. The molecular formula is C16H20N4O. The average molecular weight is 284 g/mol. The van der Waals surface area contributed by atoms with Crippen LogP contribution in [0.2, 0.25) is 0 Å². The number of hydrogen-bond donors (Lipinski definition) is 2. The van der Waals surface area contributed by atoms with Crippen LogP contribution < -0.4 is 11.1 Å². The Morgan fingerprint density at radius 2 is 2.05 bits per heavy atom. The molecule has 0 aliphatic heterocycles. The minimum Gasteiger partial charge on any atom is -0.384 e. The summed E-state index contributed by atoms with van der Waals surface area (Å²) in [6.45, 7) is 2.95. The lowest BCUT2D eigenvalue weighted by Crippen LogP contribution is -2.05. The summed E-state index contributed by atoms with van der Waals surface area (Å²) in [5.41, 5.74) is 9.75. The molecule has 3 N–H and O–H groups in total. The third kappa shape index (κ3) is 3.31. The zero-order valence-electron chi connectivity index (χ0n) is 12.2. The summed E-state index contributed by atoms with van der Waals surface area (Å²) < 4.78 is 5.33. The molecule has 1 aromatic carbocycles. The quantitative estimate of drug-likeness (QED) is 0.883. The van der Waals surface area contributed by atoms with Crippen molar-refractivity contribution in [2.75, 3.05) is 17.7 Å². The van der Waals surface area contributed by atoms with Crippen molar-refractivity contribution in [2.24, 2.45) is 0 Å². The lowest BCUT2D eigenvalue weighted by molar-refractivity contribution is 0.128. The van der Waals surface area contributed by atoms with Crippen LogP contribution in [-0.2, 0) is 24.2 Å². The van der Waals surface area contributed by atoms with Gasteiger partial charge in [-0.05, 0) is 49.4 Å². The van der Waals surface area contributed by atoms with E-state index < -0.39 is 0 Å². The van der Waals surface area contributed by atoms with Crippen LogP contribution in [0.15, 0.2) is 24.3 Å². The highest BCUT2D eigenvalue weighted by Crippen LogP contribution is 2.26. The van der Waals surface area contributed by atoms with Gasteiger partial charge in [0.1, 0.15) is 18.2 Å². The van der Waals surface area contributed by atoms with E-state index in [4.69, 9.17) is 10.5 Å². The van der Waals surface area contributed by atoms with Crippen LogP contribution in [0.25, 0.3) is 0 Å². The van der Waals surface area contributed by atoms with Crippen molar-refractivity contribution >= 4 is 17.3 Å². The summed E-state index contributed by atoms with van der Waals surface area (Å²) in [6.07, 6.45) is 3.60. The molecular weight excluding hydrogens is 264 g/mol. The number of nitrogens with one attached hydrogen (secondary N) is 1. The van der Waals surface area contributed by atoms with Crippen molar-refractivity contribution in [1.82, 2.24) is 9.97 Å². The fourth-order valence-corrected chi connectivity index (χ4v) is 2.64. The van der Waals surface area contributed by atoms with Crippen LogP contribution in [0, 0.1) is 0 Å². The van der Waals surface area contributed by atoms with Gasteiger partial charge < -0.3 is 15.8 Å². The third-order valence-electron chi connectivity index (χ3n) is 3.60. The molecule has 1 aliphatic carbocycles. The van der Waals surface area contributed by atoms with Gasteiger partial charge in [0.2, 0.25) is 0 Å². The molecule has 0 radical (unpaired) electrons. The second-order valence-corrected chi connectivity index (χ2v) is 5.19.